The van der Waals surface area contributed by atoms with Gasteiger partial charge in [-0.3, -0.25) is 14.4 Å². The largest absolute Gasteiger partial charge is 0.479 e. The van der Waals surface area contributed by atoms with Gasteiger partial charge in [-0.2, -0.15) is 0 Å². The minimum Gasteiger partial charge on any atom is -0.479 e. The molecule has 4 aliphatic carbocycles. The van der Waals surface area contributed by atoms with E-state index in [-0.39, 0.29) is 23.1 Å². The highest BCUT2D eigenvalue weighted by Crippen LogP contribution is 2.60. The first-order chi connectivity index (χ1) is 14.9. The molecule has 1 aromatic rings. The first-order valence-electron chi connectivity index (χ1n) is 11.6. The molecule has 1 aromatic carbocycles. The number of nitrogens with one attached hydrogen (secondary N) is 3. The minimum atomic E-state index is -0.526. The maximum atomic E-state index is 13.0. The maximum absolute atomic E-state index is 13.0. The lowest BCUT2D eigenvalue weighted by molar-refractivity contribution is -0.146. The van der Waals surface area contributed by atoms with E-state index >= 15 is 0 Å². The third kappa shape index (κ3) is 4.02. The molecule has 4 bridgehead atoms. The van der Waals surface area contributed by atoms with Gasteiger partial charge in [0.2, 0.25) is 11.8 Å². The van der Waals surface area contributed by atoms with E-state index in [4.69, 9.17) is 4.74 Å². The molecular formula is C24H31N3O4. The van der Waals surface area contributed by atoms with Crippen LogP contribution in [-0.4, -0.2) is 30.4 Å². The van der Waals surface area contributed by atoms with E-state index in [0.717, 1.165) is 37.0 Å². The Balaban J connectivity index is 1.08. The van der Waals surface area contributed by atoms with Gasteiger partial charge in [0.25, 0.3) is 5.91 Å². The second kappa shape index (κ2) is 7.84. The lowest BCUT2D eigenvalue weighted by Gasteiger charge is -2.55. The number of carbonyl (C=O) groups excluding carboxylic acids is 3. The Bertz CT molecular complexity index is 877. The topological polar surface area (TPSA) is 96.5 Å². The highest BCUT2D eigenvalue weighted by molar-refractivity contribution is 5.99. The second-order valence-corrected chi connectivity index (χ2v) is 10.1. The van der Waals surface area contributed by atoms with Gasteiger partial charge in [0.15, 0.2) is 6.10 Å². The molecular weight excluding hydrogens is 394 g/mol. The Morgan fingerprint density at radius 1 is 1.13 bits per heavy atom. The van der Waals surface area contributed by atoms with E-state index in [1.807, 2.05) is 0 Å². The van der Waals surface area contributed by atoms with Gasteiger partial charge in [-0.1, -0.05) is 0 Å². The van der Waals surface area contributed by atoms with Gasteiger partial charge in [-0.05, 0) is 87.8 Å². The molecule has 4 fully saturated rings. The molecule has 5 aliphatic rings. The molecule has 6 rings (SSSR count). The third-order valence-corrected chi connectivity index (χ3v) is 7.58. The van der Waals surface area contributed by atoms with Crippen molar-refractivity contribution in [1.29, 1.82) is 0 Å². The molecule has 4 saturated carbocycles. The molecule has 7 nitrogen and oxygen atoms in total. The van der Waals surface area contributed by atoms with Gasteiger partial charge in [-0.25, -0.2) is 0 Å². The van der Waals surface area contributed by atoms with E-state index < -0.39 is 6.10 Å². The molecule has 0 aromatic heterocycles. The Kier molecular flexibility index (Phi) is 5.15. The molecule has 0 saturated heterocycles. The van der Waals surface area contributed by atoms with Crippen molar-refractivity contribution >= 4 is 29.1 Å². The van der Waals surface area contributed by atoms with Crippen LogP contribution in [0, 0.1) is 23.2 Å². The van der Waals surface area contributed by atoms with Crippen molar-refractivity contribution in [3.63, 3.8) is 0 Å². The molecule has 1 atom stereocenters. The molecule has 0 radical (unpaired) electrons. The first-order valence-corrected chi connectivity index (χ1v) is 11.6. The number of fused-ring (bicyclic) bond motifs is 1. The van der Waals surface area contributed by atoms with Gasteiger partial charge in [-0.15, -0.1) is 0 Å². The molecule has 0 unspecified atom stereocenters. The maximum Gasteiger partial charge on any atom is 0.265 e. The highest BCUT2D eigenvalue weighted by atomic mass is 16.5. The van der Waals surface area contributed by atoms with Crippen molar-refractivity contribution in [2.45, 2.75) is 64.4 Å². The second-order valence-electron chi connectivity index (χ2n) is 10.1. The van der Waals surface area contributed by atoms with Crippen LogP contribution >= 0.6 is 0 Å². The van der Waals surface area contributed by atoms with Crippen LogP contribution in [0.4, 0.5) is 11.4 Å². The molecule has 31 heavy (non-hydrogen) atoms. The van der Waals surface area contributed by atoms with Crippen molar-refractivity contribution in [1.82, 2.24) is 5.32 Å². The Morgan fingerprint density at radius 3 is 2.48 bits per heavy atom. The van der Waals surface area contributed by atoms with Crippen molar-refractivity contribution < 1.29 is 19.1 Å². The zero-order valence-corrected chi connectivity index (χ0v) is 18.0. The number of hydrogen-bond acceptors (Lipinski definition) is 4. The smallest absolute Gasteiger partial charge is 0.265 e. The zero-order chi connectivity index (χ0) is 21.6. The van der Waals surface area contributed by atoms with Crippen molar-refractivity contribution in [3.8, 4) is 5.75 Å². The number of ether oxygens (including phenoxy) is 1. The van der Waals surface area contributed by atoms with Crippen LogP contribution in [0.1, 0.15) is 58.3 Å². The summed E-state index contributed by atoms with van der Waals surface area (Å²) in [6.07, 6.45) is 7.55. The van der Waals surface area contributed by atoms with Crippen LogP contribution in [0.2, 0.25) is 0 Å². The lowest BCUT2D eigenvalue weighted by atomic mass is 9.49. The summed E-state index contributed by atoms with van der Waals surface area (Å²) in [7, 11) is 0. The number of rotatable bonds is 6. The van der Waals surface area contributed by atoms with Crippen LogP contribution in [0.3, 0.4) is 0 Å². The van der Waals surface area contributed by atoms with E-state index in [2.05, 4.69) is 16.0 Å². The minimum absolute atomic E-state index is 0.111. The molecule has 1 heterocycles. The van der Waals surface area contributed by atoms with Gasteiger partial charge >= 0.3 is 0 Å². The average molecular weight is 426 g/mol. The zero-order valence-electron chi connectivity index (χ0n) is 18.0. The third-order valence-electron chi connectivity index (χ3n) is 7.58. The molecule has 0 spiro atoms. The molecule has 1 aliphatic heterocycles. The summed E-state index contributed by atoms with van der Waals surface area (Å²) in [6, 6.07) is 5.20. The summed E-state index contributed by atoms with van der Waals surface area (Å²) >= 11 is 0. The Hall–Kier alpha value is -2.57. The summed E-state index contributed by atoms with van der Waals surface area (Å²) in [6.45, 7) is 2.22. The van der Waals surface area contributed by atoms with Gasteiger partial charge < -0.3 is 20.7 Å². The van der Waals surface area contributed by atoms with Crippen molar-refractivity contribution in [2.24, 2.45) is 23.2 Å². The fourth-order valence-corrected chi connectivity index (χ4v) is 6.54. The molecule has 166 valence electrons. The van der Waals surface area contributed by atoms with Crippen LogP contribution in [0.25, 0.3) is 0 Å². The van der Waals surface area contributed by atoms with Crippen LogP contribution in [0.5, 0.6) is 5.75 Å². The van der Waals surface area contributed by atoms with Crippen LogP contribution in [0.15, 0.2) is 18.2 Å². The summed E-state index contributed by atoms with van der Waals surface area (Å²) in [5.41, 5.74) is 1.04. The summed E-state index contributed by atoms with van der Waals surface area (Å²) in [5.74, 6) is 2.74. The number of benzene rings is 1. The number of anilines is 2. The standard InChI is InChI=1S/C24H31N3O4/c1-14-22(29)27-19-10-18(4-5-20(19)31-14)26-21(28)3-2-6-25-23(30)24-11-15-7-16(12-24)9-17(8-15)13-24/h4-5,10,14-17H,2-3,6-9,11-13H2,1H3,(H,25,30)(H,26,28)(H,27,29)/t14-,15?,16?,17?,24?/m0/s1. The molecule has 3 amide bonds. The van der Waals surface area contributed by atoms with E-state index in [0.29, 0.717) is 36.5 Å². The molecule has 3 N–H and O–H groups in total. The predicted octanol–water partition coefficient (Wildman–Crippen LogP) is 3.46. The monoisotopic (exact) mass is 425 g/mol. The lowest BCUT2D eigenvalue weighted by Crippen LogP contribution is -2.53. The summed E-state index contributed by atoms with van der Waals surface area (Å²) in [5, 5.41) is 8.76. The fourth-order valence-electron chi connectivity index (χ4n) is 6.54. The Labute approximate surface area is 182 Å². The predicted molar refractivity (Wildman–Crippen MR) is 117 cm³/mol. The van der Waals surface area contributed by atoms with E-state index in [1.54, 1.807) is 25.1 Å². The van der Waals surface area contributed by atoms with Gasteiger partial charge in [0, 0.05) is 24.1 Å². The van der Waals surface area contributed by atoms with Crippen molar-refractivity contribution in [3.05, 3.63) is 18.2 Å². The Morgan fingerprint density at radius 2 is 1.81 bits per heavy atom. The number of amides is 3. The average Bonchev–Trinajstić information content (AvgIpc) is 2.71. The van der Waals surface area contributed by atoms with Gasteiger partial charge in [0.05, 0.1) is 5.69 Å². The van der Waals surface area contributed by atoms with E-state index in [9.17, 15) is 14.4 Å². The van der Waals surface area contributed by atoms with Gasteiger partial charge in [0.1, 0.15) is 5.75 Å². The number of hydrogen-bond donors (Lipinski definition) is 3. The van der Waals surface area contributed by atoms with Crippen molar-refractivity contribution in [2.75, 3.05) is 17.2 Å². The SMILES string of the molecule is C[C@@H]1Oc2ccc(NC(=O)CCCNC(=O)C34CC5CC(CC(C5)C3)C4)cc2NC1=O. The quantitative estimate of drug-likeness (QED) is 0.608. The van der Waals surface area contributed by atoms with Crippen LogP contribution in [-0.2, 0) is 14.4 Å². The van der Waals surface area contributed by atoms with E-state index in [1.165, 1.54) is 19.3 Å². The molecule has 7 heteroatoms. The fraction of sp³-hybridized carbons (Fsp3) is 0.625. The summed E-state index contributed by atoms with van der Waals surface area (Å²) in [4.78, 5) is 37.0. The highest BCUT2D eigenvalue weighted by Gasteiger charge is 2.54. The normalized spacial score (nSPS) is 32.6. The first kappa shape index (κ1) is 20.3. The summed E-state index contributed by atoms with van der Waals surface area (Å²) < 4.78 is 5.53. The number of carbonyl (C=O) groups is 3. The van der Waals surface area contributed by atoms with Crippen LogP contribution < -0.4 is 20.7 Å².